The van der Waals surface area contributed by atoms with Crippen LogP contribution in [-0.4, -0.2) is 23.2 Å². The third-order valence-electron chi connectivity index (χ3n) is 2.15. The Kier molecular flexibility index (Phi) is 3.50. The number of aliphatic hydroxyl groups is 1. The molecule has 0 bridgehead atoms. The first-order chi connectivity index (χ1) is 6.49. The van der Waals surface area contributed by atoms with Gasteiger partial charge in [0.25, 0.3) is 0 Å². The van der Waals surface area contributed by atoms with Gasteiger partial charge in [0.05, 0.1) is 5.69 Å². The van der Waals surface area contributed by atoms with Gasteiger partial charge in [0, 0.05) is 18.5 Å². The first kappa shape index (κ1) is 11.5. The summed E-state index contributed by atoms with van der Waals surface area (Å²) in [7, 11) is 0. The molecule has 0 saturated heterocycles. The van der Waals surface area contributed by atoms with Crippen LogP contribution < -0.4 is 4.90 Å². The lowest BCUT2D eigenvalue weighted by molar-refractivity contribution is 0.0746. The van der Waals surface area contributed by atoms with E-state index in [9.17, 15) is 5.11 Å². The van der Waals surface area contributed by atoms with Gasteiger partial charge in [-0.25, -0.2) is 4.98 Å². The van der Waals surface area contributed by atoms with Crippen LogP contribution in [0.25, 0.3) is 0 Å². The number of thiazole rings is 1. The molecule has 14 heavy (non-hydrogen) atoms. The number of hydrogen-bond acceptors (Lipinski definition) is 4. The van der Waals surface area contributed by atoms with Crippen molar-refractivity contribution < 1.29 is 5.11 Å². The number of aromatic nitrogens is 1. The summed E-state index contributed by atoms with van der Waals surface area (Å²) in [6.07, 6.45) is 0. The second-order valence-electron chi connectivity index (χ2n) is 3.75. The van der Waals surface area contributed by atoms with Crippen LogP contribution in [0.15, 0.2) is 5.38 Å². The van der Waals surface area contributed by atoms with E-state index >= 15 is 0 Å². The Morgan fingerprint density at radius 3 is 2.36 bits per heavy atom. The molecule has 0 fully saturated rings. The number of anilines is 1. The lowest BCUT2D eigenvalue weighted by atomic mass is 10.1. The summed E-state index contributed by atoms with van der Waals surface area (Å²) in [4.78, 5) is 6.60. The quantitative estimate of drug-likeness (QED) is 0.835. The second-order valence-corrected chi connectivity index (χ2v) is 4.58. The minimum atomic E-state index is -0.831. The minimum Gasteiger partial charge on any atom is -0.384 e. The van der Waals surface area contributed by atoms with Gasteiger partial charge in [-0.2, -0.15) is 0 Å². The maximum absolute atomic E-state index is 9.76. The Morgan fingerprint density at radius 1 is 1.43 bits per heavy atom. The van der Waals surface area contributed by atoms with E-state index in [1.807, 2.05) is 5.38 Å². The monoisotopic (exact) mass is 214 g/mol. The minimum absolute atomic E-state index is 0.754. The van der Waals surface area contributed by atoms with Gasteiger partial charge in [-0.1, -0.05) is 0 Å². The molecule has 4 heteroatoms. The maximum Gasteiger partial charge on any atom is 0.185 e. The zero-order valence-electron chi connectivity index (χ0n) is 9.24. The summed E-state index contributed by atoms with van der Waals surface area (Å²) in [5.74, 6) is 0. The Morgan fingerprint density at radius 2 is 2.00 bits per heavy atom. The molecule has 1 N–H and O–H groups in total. The number of nitrogens with zero attached hydrogens (tertiary/aromatic N) is 2. The largest absolute Gasteiger partial charge is 0.384 e. The Bertz CT molecular complexity index is 287. The van der Waals surface area contributed by atoms with Crippen molar-refractivity contribution in [3.63, 3.8) is 0 Å². The highest BCUT2D eigenvalue weighted by Crippen LogP contribution is 2.26. The fourth-order valence-electron chi connectivity index (χ4n) is 1.18. The second kappa shape index (κ2) is 4.28. The Hall–Kier alpha value is -0.610. The van der Waals surface area contributed by atoms with Crippen LogP contribution in [0, 0.1) is 0 Å². The van der Waals surface area contributed by atoms with Crippen molar-refractivity contribution in [2.75, 3.05) is 18.0 Å². The van der Waals surface area contributed by atoms with E-state index in [-0.39, 0.29) is 0 Å². The molecular formula is C10H18N2OS. The standard InChI is InChI=1S/C10H18N2OS/c1-5-12(6-2)9-11-8(7-14-9)10(3,4)13/h7,13H,5-6H2,1-4H3. The molecule has 0 unspecified atom stereocenters. The first-order valence-electron chi connectivity index (χ1n) is 4.92. The summed E-state index contributed by atoms with van der Waals surface area (Å²) in [5.41, 5.74) is -0.0774. The van der Waals surface area contributed by atoms with E-state index in [2.05, 4.69) is 23.7 Å². The molecule has 0 aliphatic carbocycles. The van der Waals surface area contributed by atoms with Crippen molar-refractivity contribution in [3.8, 4) is 0 Å². The fourth-order valence-corrected chi connectivity index (χ4v) is 2.30. The van der Waals surface area contributed by atoms with Crippen LogP contribution in [0.2, 0.25) is 0 Å². The highest BCUT2D eigenvalue weighted by molar-refractivity contribution is 7.13. The molecular weight excluding hydrogens is 196 g/mol. The van der Waals surface area contributed by atoms with Crippen LogP contribution in [0.5, 0.6) is 0 Å². The molecule has 0 spiro atoms. The molecule has 0 aromatic carbocycles. The third-order valence-corrected chi connectivity index (χ3v) is 3.05. The van der Waals surface area contributed by atoms with Gasteiger partial charge in [0.15, 0.2) is 5.13 Å². The summed E-state index contributed by atoms with van der Waals surface area (Å²) >= 11 is 1.59. The van der Waals surface area contributed by atoms with Crippen molar-refractivity contribution in [1.82, 2.24) is 4.98 Å². The van der Waals surface area contributed by atoms with Gasteiger partial charge in [0.2, 0.25) is 0 Å². The highest BCUT2D eigenvalue weighted by atomic mass is 32.1. The predicted octanol–water partition coefficient (Wildman–Crippen LogP) is 2.22. The van der Waals surface area contributed by atoms with E-state index in [1.54, 1.807) is 25.2 Å². The van der Waals surface area contributed by atoms with Crippen molar-refractivity contribution in [2.24, 2.45) is 0 Å². The van der Waals surface area contributed by atoms with Gasteiger partial charge in [-0.3, -0.25) is 0 Å². The average Bonchev–Trinajstić information content (AvgIpc) is 2.54. The van der Waals surface area contributed by atoms with Gasteiger partial charge < -0.3 is 10.0 Å². The van der Waals surface area contributed by atoms with E-state index in [0.717, 1.165) is 23.9 Å². The molecule has 80 valence electrons. The van der Waals surface area contributed by atoms with Gasteiger partial charge in [0.1, 0.15) is 5.60 Å². The van der Waals surface area contributed by atoms with Crippen LogP contribution >= 0.6 is 11.3 Å². The molecule has 0 aliphatic heterocycles. The molecule has 0 saturated carbocycles. The predicted molar refractivity (Wildman–Crippen MR) is 60.9 cm³/mol. The van der Waals surface area contributed by atoms with Gasteiger partial charge in [-0.15, -0.1) is 11.3 Å². The Labute approximate surface area is 89.4 Å². The molecule has 3 nitrogen and oxygen atoms in total. The summed E-state index contributed by atoms with van der Waals surface area (Å²) in [6.45, 7) is 9.63. The van der Waals surface area contributed by atoms with E-state index in [4.69, 9.17) is 0 Å². The molecule has 0 radical (unpaired) electrons. The van der Waals surface area contributed by atoms with Crippen molar-refractivity contribution in [2.45, 2.75) is 33.3 Å². The fraction of sp³-hybridized carbons (Fsp3) is 0.700. The zero-order valence-corrected chi connectivity index (χ0v) is 10.1. The van der Waals surface area contributed by atoms with E-state index < -0.39 is 5.60 Å². The topological polar surface area (TPSA) is 36.4 Å². The van der Waals surface area contributed by atoms with Crippen molar-refractivity contribution in [3.05, 3.63) is 11.1 Å². The lowest BCUT2D eigenvalue weighted by Gasteiger charge is -2.17. The number of hydrogen-bond donors (Lipinski definition) is 1. The molecule has 1 aromatic heterocycles. The van der Waals surface area contributed by atoms with Gasteiger partial charge in [-0.05, 0) is 27.7 Å². The lowest BCUT2D eigenvalue weighted by Crippen LogP contribution is -2.22. The maximum atomic E-state index is 9.76. The molecule has 0 aliphatic rings. The molecule has 0 amide bonds. The molecule has 1 heterocycles. The average molecular weight is 214 g/mol. The van der Waals surface area contributed by atoms with Crippen LogP contribution in [0.4, 0.5) is 5.13 Å². The van der Waals surface area contributed by atoms with Crippen LogP contribution in [0.1, 0.15) is 33.4 Å². The number of rotatable bonds is 4. The normalized spacial score (nSPS) is 11.8. The summed E-state index contributed by atoms with van der Waals surface area (Å²) < 4.78 is 0. The molecule has 1 aromatic rings. The summed E-state index contributed by atoms with van der Waals surface area (Å²) in [6, 6.07) is 0. The third kappa shape index (κ3) is 2.45. The van der Waals surface area contributed by atoms with E-state index in [0.29, 0.717) is 0 Å². The molecule has 0 atom stereocenters. The highest BCUT2D eigenvalue weighted by Gasteiger charge is 2.20. The van der Waals surface area contributed by atoms with E-state index in [1.165, 1.54) is 0 Å². The smallest absolute Gasteiger partial charge is 0.185 e. The molecule has 1 rings (SSSR count). The van der Waals surface area contributed by atoms with Crippen molar-refractivity contribution in [1.29, 1.82) is 0 Å². The summed E-state index contributed by atoms with van der Waals surface area (Å²) in [5, 5.41) is 12.7. The SMILES string of the molecule is CCN(CC)c1nc(C(C)(C)O)cs1. The first-order valence-corrected chi connectivity index (χ1v) is 5.80. The van der Waals surface area contributed by atoms with Crippen LogP contribution in [0.3, 0.4) is 0 Å². The van der Waals surface area contributed by atoms with Gasteiger partial charge >= 0.3 is 0 Å². The van der Waals surface area contributed by atoms with Crippen LogP contribution in [-0.2, 0) is 5.60 Å². The van der Waals surface area contributed by atoms with Crippen molar-refractivity contribution >= 4 is 16.5 Å². The zero-order chi connectivity index (χ0) is 10.8. The Balaban J connectivity index is 2.87.